The van der Waals surface area contributed by atoms with Gasteiger partial charge in [0.15, 0.2) is 0 Å². The molecule has 1 rings (SSSR count). The lowest BCUT2D eigenvalue weighted by Gasteiger charge is -2.05. The smallest absolute Gasteiger partial charge is 0.231 e. The maximum absolute atomic E-state index is 8.55. The van der Waals surface area contributed by atoms with E-state index in [1.54, 1.807) is 13.3 Å². The average Bonchev–Trinajstić information content (AvgIpc) is 2.21. The Morgan fingerprint density at radius 3 is 3.07 bits per heavy atom. The number of methoxy groups -OCH3 is 1. The van der Waals surface area contributed by atoms with Crippen molar-refractivity contribution in [2.24, 2.45) is 0 Å². The first-order valence-electron chi connectivity index (χ1n) is 4.15. The molecule has 0 aliphatic rings. The van der Waals surface area contributed by atoms with E-state index in [-0.39, 0.29) is 6.61 Å². The Labute approximate surface area is 90.7 Å². The van der Waals surface area contributed by atoms with Crippen molar-refractivity contribution in [1.82, 2.24) is 15.3 Å². The normalized spacial score (nSPS) is 10.2. The molecule has 2 N–H and O–H groups in total. The van der Waals surface area contributed by atoms with Crippen molar-refractivity contribution in [3.05, 3.63) is 16.5 Å². The van der Waals surface area contributed by atoms with Gasteiger partial charge in [0.2, 0.25) is 5.88 Å². The minimum absolute atomic E-state index is 0.105. The van der Waals surface area contributed by atoms with E-state index < -0.39 is 0 Å². The second-order valence-corrected chi connectivity index (χ2v) is 3.40. The summed E-state index contributed by atoms with van der Waals surface area (Å²) in [7, 11) is 1.55. The summed E-state index contributed by atoms with van der Waals surface area (Å²) in [6.45, 7) is 1.15. The van der Waals surface area contributed by atoms with Crippen molar-refractivity contribution in [1.29, 1.82) is 0 Å². The van der Waals surface area contributed by atoms with Gasteiger partial charge in [0, 0.05) is 12.7 Å². The van der Waals surface area contributed by atoms with Gasteiger partial charge < -0.3 is 15.2 Å². The fraction of sp³-hybridized carbons (Fsp3) is 0.500. The Morgan fingerprint density at radius 2 is 2.43 bits per heavy atom. The van der Waals surface area contributed by atoms with Crippen LogP contribution in [0, 0.1) is 0 Å². The quantitative estimate of drug-likeness (QED) is 0.748. The van der Waals surface area contributed by atoms with E-state index in [1.807, 2.05) is 0 Å². The van der Waals surface area contributed by atoms with Crippen molar-refractivity contribution in [3.63, 3.8) is 0 Å². The highest BCUT2D eigenvalue weighted by molar-refractivity contribution is 9.10. The lowest BCUT2D eigenvalue weighted by atomic mass is 10.5. The predicted octanol–water partition coefficient (Wildman–Crippen LogP) is 0.330. The topological polar surface area (TPSA) is 67.3 Å². The SMILES string of the molecule is COc1nc(CNCCO)ncc1Br. The number of aromatic nitrogens is 2. The molecule has 14 heavy (non-hydrogen) atoms. The maximum atomic E-state index is 8.55. The van der Waals surface area contributed by atoms with Crippen LogP contribution in [0.25, 0.3) is 0 Å². The summed E-state index contributed by atoms with van der Waals surface area (Å²) in [5.74, 6) is 1.15. The maximum Gasteiger partial charge on any atom is 0.231 e. The van der Waals surface area contributed by atoms with Crippen LogP contribution in [0.1, 0.15) is 5.82 Å². The number of ether oxygens (including phenoxy) is 1. The molecular weight excluding hydrogens is 250 g/mol. The highest BCUT2D eigenvalue weighted by atomic mass is 79.9. The van der Waals surface area contributed by atoms with Crippen molar-refractivity contribution < 1.29 is 9.84 Å². The van der Waals surface area contributed by atoms with E-state index in [4.69, 9.17) is 9.84 Å². The molecule has 1 aromatic heterocycles. The number of nitrogens with one attached hydrogen (secondary N) is 1. The van der Waals surface area contributed by atoms with Gasteiger partial charge in [-0.2, -0.15) is 4.98 Å². The molecule has 0 aliphatic carbocycles. The number of aliphatic hydroxyl groups excluding tert-OH is 1. The molecule has 0 amide bonds. The van der Waals surface area contributed by atoms with Crippen LogP contribution in [-0.2, 0) is 6.54 Å². The third-order valence-corrected chi connectivity index (χ3v) is 2.07. The van der Waals surface area contributed by atoms with Gasteiger partial charge in [-0.25, -0.2) is 4.98 Å². The number of aliphatic hydroxyl groups is 1. The van der Waals surface area contributed by atoms with E-state index in [2.05, 4.69) is 31.2 Å². The van der Waals surface area contributed by atoms with Gasteiger partial charge in [-0.1, -0.05) is 0 Å². The summed E-state index contributed by atoms with van der Waals surface area (Å²) in [6, 6.07) is 0. The van der Waals surface area contributed by atoms with Crippen molar-refractivity contribution in [2.75, 3.05) is 20.3 Å². The molecule has 0 spiro atoms. The van der Waals surface area contributed by atoms with Gasteiger partial charge >= 0.3 is 0 Å². The first-order valence-corrected chi connectivity index (χ1v) is 4.94. The van der Waals surface area contributed by atoms with Gasteiger partial charge in [-0.3, -0.25) is 0 Å². The van der Waals surface area contributed by atoms with Crippen LogP contribution in [0.3, 0.4) is 0 Å². The standard InChI is InChI=1S/C8H12BrN3O2/c1-14-8-6(9)4-11-7(12-8)5-10-2-3-13/h4,10,13H,2-3,5H2,1H3. The Kier molecular flexibility index (Phi) is 4.78. The zero-order chi connectivity index (χ0) is 10.4. The summed E-state index contributed by atoms with van der Waals surface area (Å²) in [5.41, 5.74) is 0. The molecule has 6 heteroatoms. The molecule has 0 atom stereocenters. The Bertz CT molecular complexity index is 296. The van der Waals surface area contributed by atoms with Gasteiger partial charge in [0.1, 0.15) is 5.82 Å². The number of hydrogen-bond acceptors (Lipinski definition) is 5. The third-order valence-electron chi connectivity index (χ3n) is 1.53. The Morgan fingerprint density at radius 1 is 1.64 bits per heavy atom. The molecule has 0 bridgehead atoms. The van der Waals surface area contributed by atoms with Crippen LogP contribution in [0.15, 0.2) is 10.7 Å². The molecule has 1 aromatic rings. The van der Waals surface area contributed by atoms with Crippen LogP contribution < -0.4 is 10.1 Å². The highest BCUT2D eigenvalue weighted by Crippen LogP contribution is 2.19. The van der Waals surface area contributed by atoms with Crippen molar-refractivity contribution >= 4 is 15.9 Å². The summed E-state index contributed by atoms with van der Waals surface area (Å²) >= 11 is 3.26. The van der Waals surface area contributed by atoms with E-state index in [1.165, 1.54) is 0 Å². The zero-order valence-corrected chi connectivity index (χ0v) is 9.41. The van der Waals surface area contributed by atoms with Gasteiger partial charge in [0.05, 0.1) is 24.7 Å². The Balaban J connectivity index is 2.60. The molecule has 0 radical (unpaired) electrons. The zero-order valence-electron chi connectivity index (χ0n) is 7.83. The summed E-state index contributed by atoms with van der Waals surface area (Å²) in [4.78, 5) is 8.21. The molecule has 0 aromatic carbocycles. The van der Waals surface area contributed by atoms with E-state index in [0.29, 0.717) is 24.8 Å². The summed E-state index contributed by atoms with van der Waals surface area (Å²) in [6.07, 6.45) is 1.64. The van der Waals surface area contributed by atoms with Crippen LogP contribution in [0.4, 0.5) is 0 Å². The lowest BCUT2D eigenvalue weighted by molar-refractivity contribution is 0.291. The molecule has 5 nitrogen and oxygen atoms in total. The van der Waals surface area contributed by atoms with E-state index >= 15 is 0 Å². The van der Waals surface area contributed by atoms with Gasteiger partial charge in [-0.05, 0) is 15.9 Å². The van der Waals surface area contributed by atoms with E-state index in [0.717, 1.165) is 4.47 Å². The first kappa shape index (κ1) is 11.4. The molecule has 0 saturated carbocycles. The van der Waals surface area contributed by atoms with Crippen LogP contribution in [0.5, 0.6) is 5.88 Å². The monoisotopic (exact) mass is 261 g/mol. The molecule has 0 saturated heterocycles. The second-order valence-electron chi connectivity index (χ2n) is 2.54. The minimum Gasteiger partial charge on any atom is -0.480 e. The largest absolute Gasteiger partial charge is 0.480 e. The molecular formula is C8H12BrN3O2. The second kappa shape index (κ2) is 5.90. The average molecular weight is 262 g/mol. The Hall–Kier alpha value is -0.720. The van der Waals surface area contributed by atoms with Gasteiger partial charge in [0.25, 0.3) is 0 Å². The fourth-order valence-electron chi connectivity index (χ4n) is 0.893. The number of rotatable bonds is 5. The summed E-state index contributed by atoms with van der Waals surface area (Å²) < 4.78 is 5.74. The third kappa shape index (κ3) is 3.21. The number of nitrogens with zero attached hydrogens (tertiary/aromatic N) is 2. The molecule has 78 valence electrons. The molecule has 0 fully saturated rings. The van der Waals surface area contributed by atoms with Crippen molar-refractivity contribution in [3.8, 4) is 5.88 Å². The van der Waals surface area contributed by atoms with Crippen LogP contribution in [-0.4, -0.2) is 35.3 Å². The molecule has 0 aliphatic heterocycles. The first-order chi connectivity index (χ1) is 6.77. The minimum atomic E-state index is 0.105. The summed E-state index contributed by atoms with van der Waals surface area (Å²) in [5, 5.41) is 11.5. The molecule has 0 unspecified atom stereocenters. The van der Waals surface area contributed by atoms with Crippen LogP contribution >= 0.6 is 15.9 Å². The highest BCUT2D eigenvalue weighted by Gasteiger charge is 2.03. The van der Waals surface area contributed by atoms with Crippen molar-refractivity contribution in [2.45, 2.75) is 6.54 Å². The van der Waals surface area contributed by atoms with Gasteiger partial charge in [-0.15, -0.1) is 0 Å². The number of hydrogen-bond donors (Lipinski definition) is 2. The lowest BCUT2D eigenvalue weighted by Crippen LogP contribution is -2.19. The van der Waals surface area contributed by atoms with Crippen LogP contribution in [0.2, 0.25) is 0 Å². The van der Waals surface area contributed by atoms with E-state index in [9.17, 15) is 0 Å². The predicted molar refractivity (Wildman–Crippen MR) is 55.1 cm³/mol. The number of halogens is 1. The molecule has 1 heterocycles. The fourth-order valence-corrected chi connectivity index (χ4v) is 1.25.